The number of aromatic nitrogens is 1. The molecule has 21 heavy (non-hydrogen) atoms. The van der Waals surface area contributed by atoms with Gasteiger partial charge in [-0.3, -0.25) is 4.98 Å². The Morgan fingerprint density at radius 2 is 2.00 bits per heavy atom. The van der Waals surface area contributed by atoms with Crippen molar-refractivity contribution in [3.05, 3.63) is 59.8 Å². The van der Waals surface area contributed by atoms with E-state index in [1.807, 2.05) is 24.3 Å². The summed E-state index contributed by atoms with van der Waals surface area (Å²) in [6, 6.07) is 10.0. The lowest BCUT2D eigenvalue weighted by Gasteiger charge is -2.05. The molecule has 0 spiro atoms. The molecule has 0 radical (unpaired) electrons. The van der Waals surface area contributed by atoms with Crippen molar-refractivity contribution in [1.82, 2.24) is 4.98 Å². The maximum absolute atomic E-state index is 5.79. The zero-order valence-electron chi connectivity index (χ0n) is 13.1. The van der Waals surface area contributed by atoms with Gasteiger partial charge in [0.2, 0.25) is 0 Å². The molecule has 0 saturated carbocycles. The lowest BCUT2D eigenvalue weighted by Crippen LogP contribution is -1.95. The van der Waals surface area contributed by atoms with Gasteiger partial charge < -0.3 is 4.74 Å². The summed E-state index contributed by atoms with van der Waals surface area (Å²) in [5.74, 6) is 0.892. The van der Waals surface area contributed by atoms with E-state index in [-0.39, 0.29) is 0 Å². The summed E-state index contributed by atoms with van der Waals surface area (Å²) in [6.07, 6.45) is 8.44. The zero-order valence-corrected chi connectivity index (χ0v) is 13.1. The highest BCUT2D eigenvalue weighted by molar-refractivity contribution is 5.79. The lowest BCUT2D eigenvalue weighted by molar-refractivity contribution is 0.362. The molecule has 0 atom stereocenters. The number of ether oxygens (including phenoxy) is 1. The van der Waals surface area contributed by atoms with Crippen molar-refractivity contribution < 1.29 is 4.74 Å². The van der Waals surface area contributed by atoms with Crippen molar-refractivity contribution in [3.8, 4) is 5.75 Å². The second kappa shape index (κ2) is 7.63. The van der Waals surface area contributed by atoms with E-state index in [0.717, 1.165) is 29.5 Å². The third kappa shape index (κ3) is 5.07. The maximum Gasteiger partial charge on any atom is 0.120 e. The van der Waals surface area contributed by atoms with Crippen molar-refractivity contribution in [1.29, 1.82) is 0 Å². The van der Waals surface area contributed by atoms with Crippen LogP contribution < -0.4 is 4.74 Å². The standard InChI is InChI=1S/C19H23NO/c1-15(2)6-4-7-16(3)11-13-21-18-9-10-19-17(14-18)8-5-12-20-19/h5-6,8-12,14H,4,7,13H2,1-3H3. The number of allylic oxidation sites excluding steroid dienone is 3. The van der Waals surface area contributed by atoms with Crippen molar-refractivity contribution in [2.75, 3.05) is 6.61 Å². The molecule has 0 fully saturated rings. The van der Waals surface area contributed by atoms with Crippen molar-refractivity contribution in [2.45, 2.75) is 33.6 Å². The fourth-order valence-electron chi connectivity index (χ4n) is 2.11. The number of hydrogen-bond donors (Lipinski definition) is 0. The van der Waals surface area contributed by atoms with Crippen LogP contribution >= 0.6 is 0 Å². The van der Waals surface area contributed by atoms with E-state index in [2.05, 4.69) is 44.0 Å². The smallest absolute Gasteiger partial charge is 0.120 e. The maximum atomic E-state index is 5.79. The fraction of sp³-hybridized carbons (Fsp3) is 0.316. The van der Waals surface area contributed by atoms with Crippen LogP contribution in [0.1, 0.15) is 33.6 Å². The predicted molar refractivity (Wildman–Crippen MR) is 89.7 cm³/mol. The largest absolute Gasteiger partial charge is 0.490 e. The van der Waals surface area contributed by atoms with Crippen LogP contribution in [0.2, 0.25) is 0 Å². The molecule has 2 rings (SSSR count). The van der Waals surface area contributed by atoms with Crippen LogP contribution in [0.4, 0.5) is 0 Å². The average molecular weight is 281 g/mol. The van der Waals surface area contributed by atoms with Crippen LogP contribution in [-0.2, 0) is 0 Å². The first-order chi connectivity index (χ1) is 10.1. The van der Waals surface area contributed by atoms with Crippen LogP contribution in [0.3, 0.4) is 0 Å². The molecule has 2 heteroatoms. The molecule has 0 unspecified atom stereocenters. The van der Waals surface area contributed by atoms with Crippen molar-refractivity contribution in [3.63, 3.8) is 0 Å². The van der Waals surface area contributed by atoms with E-state index in [0.29, 0.717) is 6.61 Å². The van der Waals surface area contributed by atoms with Crippen LogP contribution in [0.15, 0.2) is 59.8 Å². The summed E-state index contributed by atoms with van der Waals surface area (Å²) in [5.41, 5.74) is 3.75. The second-order valence-corrected chi connectivity index (χ2v) is 5.54. The van der Waals surface area contributed by atoms with E-state index >= 15 is 0 Å². The number of hydrogen-bond acceptors (Lipinski definition) is 2. The first-order valence-electron chi connectivity index (χ1n) is 7.42. The SMILES string of the molecule is CC(C)=CCCC(C)=CCOc1ccc2ncccc2c1. The highest BCUT2D eigenvalue weighted by atomic mass is 16.5. The Morgan fingerprint density at radius 1 is 1.14 bits per heavy atom. The molecule has 1 heterocycles. The summed E-state index contributed by atoms with van der Waals surface area (Å²) in [5, 5.41) is 1.11. The zero-order chi connectivity index (χ0) is 15.1. The molecule has 0 saturated heterocycles. The number of fused-ring (bicyclic) bond motifs is 1. The summed E-state index contributed by atoms with van der Waals surface area (Å²) >= 11 is 0. The second-order valence-electron chi connectivity index (χ2n) is 5.54. The Hall–Kier alpha value is -2.09. The van der Waals surface area contributed by atoms with Crippen molar-refractivity contribution in [2.24, 2.45) is 0 Å². The van der Waals surface area contributed by atoms with E-state index in [4.69, 9.17) is 4.74 Å². The van der Waals surface area contributed by atoms with Crippen LogP contribution in [0, 0.1) is 0 Å². The molecule has 0 bridgehead atoms. The molecule has 0 aliphatic rings. The van der Waals surface area contributed by atoms with Gasteiger partial charge in [-0.1, -0.05) is 23.3 Å². The first kappa shape index (κ1) is 15.3. The summed E-state index contributed by atoms with van der Waals surface area (Å²) < 4.78 is 5.79. The van der Waals surface area contributed by atoms with Gasteiger partial charge in [0.25, 0.3) is 0 Å². The number of rotatable bonds is 6. The quantitative estimate of drug-likeness (QED) is 0.670. The highest BCUT2D eigenvalue weighted by Crippen LogP contribution is 2.19. The van der Waals surface area contributed by atoms with Gasteiger partial charge >= 0.3 is 0 Å². The summed E-state index contributed by atoms with van der Waals surface area (Å²) in [7, 11) is 0. The van der Waals surface area contributed by atoms with E-state index < -0.39 is 0 Å². The van der Waals surface area contributed by atoms with Gasteiger partial charge in [0, 0.05) is 11.6 Å². The fourth-order valence-corrected chi connectivity index (χ4v) is 2.11. The van der Waals surface area contributed by atoms with Gasteiger partial charge in [-0.25, -0.2) is 0 Å². The third-order valence-corrected chi connectivity index (χ3v) is 3.35. The molecule has 0 amide bonds. The normalized spacial score (nSPS) is 11.5. The minimum atomic E-state index is 0.617. The molecular weight excluding hydrogens is 258 g/mol. The monoisotopic (exact) mass is 281 g/mol. The molecule has 0 aliphatic carbocycles. The summed E-state index contributed by atoms with van der Waals surface area (Å²) in [4.78, 5) is 4.31. The van der Waals surface area contributed by atoms with E-state index in [1.165, 1.54) is 11.1 Å². The lowest BCUT2D eigenvalue weighted by atomic mass is 10.1. The highest BCUT2D eigenvalue weighted by Gasteiger charge is 1.97. The van der Waals surface area contributed by atoms with E-state index in [1.54, 1.807) is 6.20 Å². The van der Waals surface area contributed by atoms with Gasteiger partial charge in [-0.15, -0.1) is 0 Å². The molecule has 2 nitrogen and oxygen atoms in total. The summed E-state index contributed by atoms with van der Waals surface area (Å²) in [6.45, 7) is 7.05. The van der Waals surface area contributed by atoms with Crippen LogP contribution in [0.5, 0.6) is 5.75 Å². The molecule has 0 N–H and O–H groups in total. The number of benzene rings is 1. The molecule has 1 aromatic carbocycles. The van der Waals surface area contributed by atoms with Crippen molar-refractivity contribution >= 4 is 10.9 Å². The minimum absolute atomic E-state index is 0.617. The Kier molecular flexibility index (Phi) is 5.56. The molecule has 2 aromatic rings. The van der Waals surface area contributed by atoms with Gasteiger partial charge in [0.1, 0.15) is 12.4 Å². The predicted octanol–water partition coefficient (Wildman–Crippen LogP) is 5.31. The topological polar surface area (TPSA) is 22.1 Å². The Balaban J connectivity index is 1.88. The van der Waals surface area contributed by atoms with Gasteiger partial charge in [0.05, 0.1) is 5.52 Å². The van der Waals surface area contributed by atoms with Gasteiger partial charge in [0.15, 0.2) is 0 Å². The molecular formula is C19H23NO. The number of nitrogens with zero attached hydrogens (tertiary/aromatic N) is 1. The average Bonchev–Trinajstić information content (AvgIpc) is 2.47. The molecule has 1 aromatic heterocycles. The molecule has 110 valence electrons. The number of pyridine rings is 1. The Bertz CT molecular complexity index is 651. The first-order valence-corrected chi connectivity index (χ1v) is 7.42. The van der Waals surface area contributed by atoms with Crippen LogP contribution in [-0.4, -0.2) is 11.6 Å². The molecule has 0 aliphatic heterocycles. The minimum Gasteiger partial charge on any atom is -0.490 e. The van der Waals surface area contributed by atoms with Gasteiger partial charge in [-0.2, -0.15) is 0 Å². The van der Waals surface area contributed by atoms with E-state index in [9.17, 15) is 0 Å². The van der Waals surface area contributed by atoms with Gasteiger partial charge in [-0.05, 0) is 64.0 Å². The Morgan fingerprint density at radius 3 is 2.81 bits per heavy atom. The Labute approximate surface area is 127 Å². The third-order valence-electron chi connectivity index (χ3n) is 3.35. The van der Waals surface area contributed by atoms with Crippen LogP contribution in [0.25, 0.3) is 10.9 Å².